The molecule has 2 unspecified atom stereocenters. The maximum Gasteiger partial charge on any atom is 0.259 e. The van der Waals surface area contributed by atoms with E-state index in [1.807, 2.05) is 23.1 Å². The third-order valence-corrected chi connectivity index (χ3v) is 5.35. The van der Waals surface area contributed by atoms with E-state index in [1.54, 1.807) is 13.0 Å². The van der Waals surface area contributed by atoms with Gasteiger partial charge in [0.05, 0.1) is 5.02 Å². The molecule has 2 aromatic rings. The van der Waals surface area contributed by atoms with Crippen molar-refractivity contribution >= 4 is 17.5 Å². The molecule has 2 aliphatic rings. The second-order valence-corrected chi connectivity index (χ2v) is 7.03. The van der Waals surface area contributed by atoms with E-state index in [-0.39, 0.29) is 5.91 Å². The van der Waals surface area contributed by atoms with Crippen molar-refractivity contribution in [2.24, 2.45) is 0 Å². The van der Waals surface area contributed by atoms with E-state index in [2.05, 4.69) is 10.5 Å². The van der Waals surface area contributed by atoms with E-state index >= 15 is 0 Å². The minimum absolute atomic E-state index is 0.0157. The zero-order valence-corrected chi connectivity index (χ0v) is 14.3. The first-order valence-corrected chi connectivity index (χ1v) is 8.78. The Morgan fingerprint density at radius 3 is 2.92 bits per heavy atom. The number of hydrogen-bond acceptors (Lipinski definition) is 4. The molecule has 1 N–H and O–H groups in total. The molecule has 0 saturated carbocycles. The second-order valence-electron chi connectivity index (χ2n) is 6.62. The van der Waals surface area contributed by atoms with Gasteiger partial charge in [-0.25, -0.2) is 0 Å². The summed E-state index contributed by atoms with van der Waals surface area (Å²) in [5, 5.41) is 8.28. The average molecular weight is 346 g/mol. The van der Waals surface area contributed by atoms with Crippen LogP contribution in [-0.4, -0.2) is 41.1 Å². The molecule has 2 atom stereocenters. The van der Waals surface area contributed by atoms with E-state index in [0.717, 1.165) is 31.5 Å². The third kappa shape index (κ3) is 2.72. The molecule has 126 valence electrons. The van der Waals surface area contributed by atoms with Crippen molar-refractivity contribution in [3.63, 3.8) is 0 Å². The number of amides is 1. The maximum absolute atomic E-state index is 13.2. The summed E-state index contributed by atoms with van der Waals surface area (Å²) in [5.74, 6) is 0.523. The largest absolute Gasteiger partial charge is 0.360 e. The lowest BCUT2D eigenvalue weighted by atomic mass is 10.0. The van der Waals surface area contributed by atoms with Gasteiger partial charge in [-0.2, -0.15) is 0 Å². The predicted molar refractivity (Wildman–Crippen MR) is 92.2 cm³/mol. The average Bonchev–Trinajstić information content (AvgIpc) is 3.09. The highest BCUT2D eigenvalue weighted by Crippen LogP contribution is 2.32. The summed E-state index contributed by atoms with van der Waals surface area (Å²) >= 11 is 6.29. The lowest BCUT2D eigenvalue weighted by Crippen LogP contribution is -2.39. The number of carbonyl (C=O) groups excluding carboxylic acids is 1. The Kier molecular flexibility index (Phi) is 4.06. The molecular formula is C18H20ClN3O2. The summed E-state index contributed by atoms with van der Waals surface area (Å²) in [6, 6.07) is 8.34. The zero-order valence-electron chi connectivity index (χ0n) is 13.6. The number of nitrogens with zero attached hydrogens (tertiary/aromatic N) is 2. The van der Waals surface area contributed by atoms with Crippen LogP contribution in [0.3, 0.4) is 0 Å². The van der Waals surface area contributed by atoms with Crippen molar-refractivity contribution in [3.8, 4) is 11.3 Å². The van der Waals surface area contributed by atoms with Crippen LogP contribution < -0.4 is 5.32 Å². The molecule has 6 heteroatoms. The van der Waals surface area contributed by atoms with Gasteiger partial charge in [0.1, 0.15) is 17.0 Å². The monoisotopic (exact) mass is 345 g/mol. The Morgan fingerprint density at radius 1 is 1.29 bits per heavy atom. The quantitative estimate of drug-likeness (QED) is 0.907. The molecule has 0 spiro atoms. The molecule has 4 rings (SSSR count). The molecule has 3 heterocycles. The molecule has 5 nitrogen and oxygen atoms in total. The molecule has 2 saturated heterocycles. The Bertz CT molecular complexity index is 773. The fraction of sp³-hybridized carbons (Fsp3) is 0.444. The third-order valence-electron chi connectivity index (χ3n) is 5.02. The summed E-state index contributed by atoms with van der Waals surface area (Å²) in [6.45, 7) is 3.28. The van der Waals surface area contributed by atoms with Crippen LogP contribution in [0, 0.1) is 6.92 Å². The first-order valence-electron chi connectivity index (χ1n) is 8.40. The van der Waals surface area contributed by atoms with Gasteiger partial charge in [0, 0.05) is 30.7 Å². The van der Waals surface area contributed by atoms with Crippen LogP contribution in [0.2, 0.25) is 5.02 Å². The molecule has 2 aliphatic heterocycles. The van der Waals surface area contributed by atoms with Crippen molar-refractivity contribution < 1.29 is 9.32 Å². The van der Waals surface area contributed by atoms with Gasteiger partial charge in [0.15, 0.2) is 0 Å². The number of likely N-dealkylation sites (tertiary alicyclic amines) is 1. The summed E-state index contributed by atoms with van der Waals surface area (Å²) in [6.07, 6.45) is 3.34. The number of hydrogen-bond donors (Lipinski definition) is 1. The van der Waals surface area contributed by atoms with Crippen LogP contribution in [0.4, 0.5) is 0 Å². The van der Waals surface area contributed by atoms with E-state index in [1.165, 1.54) is 6.42 Å². The van der Waals surface area contributed by atoms with E-state index in [9.17, 15) is 4.79 Å². The van der Waals surface area contributed by atoms with Gasteiger partial charge < -0.3 is 14.7 Å². The molecular weight excluding hydrogens is 326 g/mol. The number of rotatable bonds is 2. The summed E-state index contributed by atoms with van der Waals surface area (Å²) < 4.78 is 5.34. The van der Waals surface area contributed by atoms with Gasteiger partial charge in [0.25, 0.3) is 5.91 Å². The second kappa shape index (κ2) is 6.22. The lowest BCUT2D eigenvalue weighted by Gasteiger charge is -2.24. The molecule has 2 fully saturated rings. The maximum atomic E-state index is 13.2. The summed E-state index contributed by atoms with van der Waals surface area (Å²) in [5.41, 5.74) is 1.79. The van der Waals surface area contributed by atoms with Gasteiger partial charge in [-0.15, -0.1) is 0 Å². The van der Waals surface area contributed by atoms with Crippen LogP contribution in [-0.2, 0) is 0 Å². The molecule has 2 bridgehead atoms. The number of halogens is 1. The first-order chi connectivity index (χ1) is 11.6. The van der Waals surface area contributed by atoms with E-state index < -0.39 is 0 Å². The van der Waals surface area contributed by atoms with Crippen LogP contribution in [0.1, 0.15) is 35.4 Å². The number of fused-ring (bicyclic) bond motifs is 2. The van der Waals surface area contributed by atoms with E-state index in [0.29, 0.717) is 34.1 Å². The predicted octanol–water partition coefficient (Wildman–Crippen LogP) is 3.27. The highest BCUT2D eigenvalue weighted by Gasteiger charge is 2.34. The number of benzene rings is 1. The summed E-state index contributed by atoms with van der Waals surface area (Å²) in [7, 11) is 0. The molecule has 0 aliphatic carbocycles. The molecule has 0 radical (unpaired) electrons. The fourth-order valence-corrected chi connectivity index (χ4v) is 3.97. The van der Waals surface area contributed by atoms with Crippen molar-refractivity contribution in [1.82, 2.24) is 15.4 Å². The number of nitrogens with one attached hydrogen (secondary N) is 1. The Labute approximate surface area is 146 Å². The van der Waals surface area contributed by atoms with Crippen molar-refractivity contribution in [2.45, 2.75) is 38.3 Å². The van der Waals surface area contributed by atoms with Crippen LogP contribution >= 0.6 is 11.6 Å². The van der Waals surface area contributed by atoms with Crippen molar-refractivity contribution in [2.75, 3.05) is 13.1 Å². The van der Waals surface area contributed by atoms with Gasteiger partial charge >= 0.3 is 0 Å². The molecule has 1 amide bonds. The molecule has 1 aromatic heterocycles. The van der Waals surface area contributed by atoms with Crippen molar-refractivity contribution in [1.29, 1.82) is 0 Å². The van der Waals surface area contributed by atoms with E-state index in [4.69, 9.17) is 16.1 Å². The lowest BCUT2D eigenvalue weighted by molar-refractivity contribution is 0.0747. The molecule has 24 heavy (non-hydrogen) atoms. The van der Waals surface area contributed by atoms with Gasteiger partial charge in [0.2, 0.25) is 0 Å². The Morgan fingerprint density at radius 2 is 2.08 bits per heavy atom. The van der Waals surface area contributed by atoms with Crippen LogP contribution in [0.25, 0.3) is 11.3 Å². The van der Waals surface area contributed by atoms with Gasteiger partial charge in [-0.05, 0) is 32.3 Å². The molecule has 1 aromatic carbocycles. The van der Waals surface area contributed by atoms with Crippen molar-refractivity contribution in [3.05, 3.63) is 40.6 Å². The minimum Gasteiger partial charge on any atom is -0.360 e. The SMILES string of the molecule is Cc1onc(-c2ccccc2Cl)c1C(=O)N1CCC2CCC(C1)N2. The number of aryl methyl sites for hydroxylation is 1. The minimum atomic E-state index is -0.0157. The fourth-order valence-electron chi connectivity index (χ4n) is 3.75. The van der Waals surface area contributed by atoms with Crippen LogP contribution in [0.15, 0.2) is 28.8 Å². The van der Waals surface area contributed by atoms with Crippen LogP contribution in [0.5, 0.6) is 0 Å². The van der Waals surface area contributed by atoms with Gasteiger partial charge in [-0.1, -0.05) is 35.0 Å². The Hall–Kier alpha value is -1.85. The zero-order chi connectivity index (χ0) is 16.7. The topological polar surface area (TPSA) is 58.4 Å². The standard InChI is InChI=1S/C18H20ClN3O2/c1-11-16(17(21-24-11)14-4-2-3-5-15(14)19)18(23)22-9-8-12-6-7-13(10-22)20-12/h2-5,12-13,20H,6-10H2,1H3. The number of aromatic nitrogens is 1. The van der Waals surface area contributed by atoms with Gasteiger partial charge in [-0.3, -0.25) is 4.79 Å². The highest BCUT2D eigenvalue weighted by molar-refractivity contribution is 6.33. The first kappa shape index (κ1) is 15.7. The smallest absolute Gasteiger partial charge is 0.259 e. The summed E-state index contributed by atoms with van der Waals surface area (Å²) in [4.78, 5) is 15.1. The normalized spacial score (nSPS) is 23.3. The number of carbonyl (C=O) groups is 1. The highest BCUT2D eigenvalue weighted by atomic mass is 35.5. The Balaban J connectivity index is 1.68.